The van der Waals surface area contributed by atoms with Crippen LogP contribution in [0.3, 0.4) is 0 Å². The van der Waals surface area contributed by atoms with Crippen molar-refractivity contribution in [2.24, 2.45) is 0 Å². The molecule has 10 heteroatoms. The molecule has 2 atom stereocenters. The number of phosphoric ester groups is 1. The molecule has 0 aromatic rings. The summed E-state index contributed by atoms with van der Waals surface area (Å²) in [5.74, 6) is -0.827. The van der Waals surface area contributed by atoms with Crippen molar-refractivity contribution in [3.8, 4) is 0 Å². The second kappa shape index (κ2) is 43.7. The smallest absolute Gasteiger partial charge is 0.306 e. The van der Waals surface area contributed by atoms with Gasteiger partial charge >= 0.3 is 11.9 Å². The summed E-state index contributed by atoms with van der Waals surface area (Å²) in [6.07, 6.45) is 49.1. The van der Waals surface area contributed by atoms with E-state index < -0.39 is 26.5 Å². The zero-order chi connectivity index (χ0) is 45.0. The van der Waals surface area contributed by atoms with Gasteiger partial charge < -0.3 is 27.9 Å². The van der Waals surface area contributed by atoms with Crippen molar-refractivity contribution in [2.75, 3.05) is 47.5 Å². The van der Waals surface area contributed by atoms with Crippen LogP contribution in [0.5, 0.6) is 0 Å². The van der Waals surface area contributed by atoms with Crippen molar-refractivity contribution in [2.45, 2.75) is 245 Å². The highest BCUT2D eigenvalue weighted by Gasteiger charge is 2.21. The zero-order valence-electron chi connectivity index (χ0n) is 40.6. The molecule has 0 saturated carbocycles. The van der Waals surface area contributed by atoms with E-state index in [1.165, 1.54) is 154 Å². The zero-order valence-corrected chi connectivity index (χ0v) is 41.5. The number of ether oxygens (including phenoxy) is 2. The Hall–Kier alpha value is -1.51. The predicted octanol–water partition coefficient (Wildman–Crippen LogP) is 14.5. The minimum atomic E-state index is -4.63. The van der Waals surface area contributed by atoms with Crippen LogP contribution in [-0.4, -0.2) is 70.0 Å². The number of hydrogen-bond donors (Lipinski definition) is 0. The summed E-state index contributed by atoms with van der Waals surface area (Å²) in [6, 6.07) is 0. The molecule has 0 aromatic heterocycles. The lowest BCUT2D eigenvalue weighted by Crippen LogP contribution is -2.37. The molecule has 0 radical (unpaired) electrons. The van der Waals surface area contributed by atoms with Crippen LogP contribution in [0.1, 0.15) is 239 Å². The van der Waals surface area contributed by atoms with E-state index in [9.17, 15) is 19.0 Å². The van der Waals surface area contributed by atoms with Crippen molar-refractivity contribution in [1.29, 1.82) is 0 Å². The molecule has 0 saturated heterocycles. The van der Waals surface area contributed by atoms with Crippen molar-refractivity contribution < 1.29 is 42.1 Å². The Morgan fingerprint density at radius 1 is 0.508 bits per heavy atom. The van der Waals surface area contributed by atoms with Crippen molar-refractivity contribution in [1.82, 2.24) is 0 Å². The maximum Gasteiger partial charge on any atom is 0.306 e. The minimum absolute atomic E-state index is 0.0295. The van der Waals surface area contributed by atoms with E-state index in [4.69, 9.17) is 18.5 Å². The number of unbranched alkanes of at least 4 members (excludes halogenated alkanes) is 29. The fourth-order valence-corrected chi connectivity index (χ4v) is 7.94. The van der Waals surface area contributed by atoms with Gasteiger partial charge in [0, 0.05) is 12.8 Å². The van der Waals surface area contributed by atoms with Crippen LogP contribution < -0.4 is 4.89 Å². The van der Waals surface area contributed by atoms with Gasteiger partial charge in [0.05, 0.1) is 27.7 Å². The number of nitrogens with zero attached hydrogens (tertiary/aromatic N) is 1. The summed E-state index contributed by atoms with van der Waals surface area (Å²) in [5, 5.41) is 0. The molecule has 360 valence electrons. The fraction of sp³-hybridized carbons (Fsp3) is 0.882. The number of rotatable bonds is 47. The van der Waals surface area contributed by atoms with Gasteiger partial charge in [0.15, 0.2) is 6.10 Å². The molecule has 0 rings (SSSR count). The number of carbonyl (C=O) groups excluding carboxylic acids is 2. The molecule has 9 nitrogen and oxygen atoms in total. The van der Waals surface area contributed by atoms with Crippen LogP contribution in [0.15, 0.2) is 24.3 Å². The largest absolute Gasteiger partial charge is 0.756 e. The summed E-state index contributed by atoms with van der Waals surface area (Å²) in [5.41, 5.74) is 0. The maximum atomic E-state index is 12.7. The van der Waals surface area contributed by atoms with E-state index in [-0.39, 0.29) is 32.0 Å². The van der Waals surface area contributed by atoms with E-state index in [1.807, 2.05) is 21.1 Å². The molecule has 0 bridgehead atoms. The van der Waals surface area contributed by atoms with Crippen molar-refractivity contribution >= 4 is 19.8 Å². The summed E-state index contributed by atoms with van der Waals surface area (Å²) in [4.78, 5) is 37.7. The van der Waals surface area contributed by atoms with Gasteiger partial charge in [0.2, 0.25) is 0 Å². The van der Waals surface area contributed by atoms with Gasteiger partial charge in [-0.3, -0.25) is 14.2 Å². The van der Waals surface area contributed by atoms with E-state index >= 15 is 0 Å². The third-order valence-corrected chi connectivity index (χ3v) is 12.2. The van der Waals surface area contributed by atoms with Gasteiger partial charge in [0.25, 0.3) is 7.82 Å². The van der Waals surface area contributed by atoms with Gasteiger partial charge in [-0.1, -0.05) is 205 Å². The van der Waals surface area contributed by atoms with Crippen LogP contribution in [0.4, 0.5) is 0 Å². The van der Waals surface area contributed by atoms with E-state index in [1.54, 1.807) is 0 Å². The molecule has 0 aromatic carbocycles. The van der Waals surface area contributed by atoms with Crippen LogP contribution in [0.25, 0.3) is 0 Å². The van der Waals surface area contributed by atoms with Gasteiger partial charge in [0.1, 0.15) is 19.8 Å². The average Bonchev–Trinajstić information content (AvgIpc) is 3.21. The first-order valence-electron chi connectivity index (χ1n) is 25.5. The Bertz CT molecular complexity index is 1090. The SMILES string of the molecule is CCCCC/C=C\C/C=C\CCCCCCCCCCCC(=O)OC(COC(=O)CCCCCCCCCCCCCCCCCCCC)COP(=O)([O-])OCC[N+](C)(C)C. The summed E-state index contributed by atoms with van der Waals surface area (Å²) in [6.45, 7) is 4.24. The summed E-state index contributed by atoms with van der Waals surface area (Å²) >= 11 is 0. The Kier molecular flexibility index (Phi) is 42.6. The second-order valence-electron chi connectivity index (χ2n) is 18.5. The minimum Gasteiger partial charge on any atom is -0.756 e. The maximum absolute atomic E-state index is 12.7. The highest BCUT2D eigenvalue weighted by atomic mass is 31.2. The highest BCUT2D eigenvalue weighted by Crippen LogP contribution is 2.38. The molecule has 0 N–H and O–H groups in total. The highest BCUT2D eigenvalue weighted by molar-refractivity contribution is 7.45. The number of hydrogen-bond acceptors (Lipinski definition) is 8. The lowest BCUT2D eigenvalue weighted by atomic mass is 10.0. The number of carbonyl (C=O) groups is 2. The second-order valence-corrected chi connectivity index (χ2v) is 20.0. The van der Waals surface area contributed by atoms with Crippen LogP contribution >= 0.6 is 7.82 Å². The number of phosphoric acid groups is 1. The van der Waals surface area contributed by atoms with E-state index in [0.717, 1.165) is 51.4 Å². The first-order valence-corrected chi connectivity index (χ1v) is 27.0. The Labute approximate surface area is 377 Å². The lowest BCUT2D eigenvalue weighted by molar-refractivity contribution is -0.870. The lowest BCUT2D eigenvalue weighted by Gasteiger charge is -2.28. The molecule has 0 amide bonds. The molecule has 0 aliphatic rings. The standard InChI is InChI=1S/C51H98NO8P/c1-6-8-10-12-14-16-18-20-22-24-26-28-30-32-34-36-38-40-42-44-51(54)60-49(48-59-61(55,56)58-46-45-52(3,4)5)47-57-50(53)43-41-39-37-35-33-31-29-27-25-23-21-19-17-15-13-11-9-7-2/h14,16,20,22,49H,6-13,15,17-19,21,23-48H2,1-5H3/b16-14-,22-20-. The molecular weight excluding hydrogens is 786 g/mol. The first kappa shape index (κ1) is 59.5. The fourth-order valence-electron chi connectivity index (χ4n) is 7.22. The van der Waals surface area contributed by atoms with Crippen molar-refractivity contribution in [3.05, 3.63) is 24.3 Å². The normalized spacial score (nSPS) is 13.6. The van der Waals surface area contributed by atoms with Crippen molar-refractivity contribution in [3.63, 3.8) is 0 Å². The molecule has 0 aliphatic carbocycles. The van der Waals surface area contributed by atoms with Gasteiger partial charge in [-0.15, -0.1) is 0 Å². The number of quaternary nitrogens is 1. The molecule has 2 unspecified atom stereocenters. The Morgan fingerprint density at radius 3 is 1.33 bits per heavy atom. The molecule has 0 fully saturated rings. The van der Waals surface area contributed by atoms with Gasteiger partial charge in [-0.25, -0.2) is 0 Å². The first-order chi connectivity index (χ1) is 29.5. The van der Waals surface area contributed by atoms with Gasteiger partial charge in [-0.2, -0.15) is 0 Å². The van der Waals surface area contributed by atoms with Gasteiger partial charge in [-0.05, 0) is 44.9 Å². The molecule has 0 spiro atoms. The summed E-state index contributed by atoms with van der Waals surface area (Å²) < 4.78 is 34.1. The quantitative estimate of drug-likeness (QED) is 0.0195. The molecule has 61 heavy (non-hydrogen) atoms. The summed E-state index contributed by atoms with van der Waals surface area (Å²) in [7, 11) is 1.17. The van der Waals surface area contributed by atoms with E-state index in [2.05, 4.69) is 38.2 Å². The molecular formula is C51H98NO8P. The monoisotopic (exact) mass is 884 g/mol. The number of likely N-dealkylation sites (N-methyl/N-ethyl adjacent to an activating group) is 1. The van der Waals surface area contributed by atoms with Crippen LogP contribution in [0, 0.1) is 0 Å². The molecule has 0 aliphatic heterocycles. The van der Waals surface area contributed by atoms with E-state index in [0.29, 0.717) is 17.4 Å². The topological polar surface area (TPSA) is 111 Å². The number of esters is 2. The third kappa shape index (κ3) is 47.8. The predicted molar refractivity (Wildman–Crippen MR) is 254 cm³/mol. The Morgan fingerprint density at radius 2 is 0.885 bits per heavy atom. The van der Waals surface area contributed by atoms with Crippen LogP contribution in [-0.2, 0) is 32.7 Å². The average molecular weight is 884 g/mol. The van der Waals surface area contributed by atoms with Crippen LogP contribution in [0.2, 0.25) is 0 Å². The number of allylic oxidation sites excluding steroid dienone is 4. The molecule has 0 heterocycles. The Balaban J connectivity index is 4.24. The third-order valence-electron chi connectivity index (χ3n) is 11.2.